The molecule has 7 heteroatoms. The number of aryl methyl sites for hydroxylation is 1. The number of carbonyl (C=O) groups excluding carboxylic acids is 1. The quantitative estimate of drug-likeness (QED) is 0.849. The maximum atomic E-state index is 12.4. The van der Waals surface area contributed by atoms with E-state index in [0.717, 1.165) is 24.0 Å². The molecule has 1 aliphatic rings. The number of rotatable bonds is 5. The highest BCUT2D eigenvalue weighted by Gasteiger charge is 2.39. The number of amides is 1. The van der Waals surface area contributed by atoms with Crippen molar-refractivity contribution in [3.63, 3.8) is 0 Å². The molecule has 1 amide bonds. The van der Waals surface area contributed by atoms with E-state index in [0.29, 0.717) is 30.6 Å². The molecule has 3 rings (SSSR count). The van der Waals surface area contributed by atoms with E-state index >= 15 is 0 Å². The highest BCUT2D eigenvalue weighted by molar-refractivity contribution is 6.03. The van der Waals surface area contributed by atoms with E-state index in [1.165, 1.54) is 0 Å². The molecule has 2 heterocycles. The Morgan fingerprint density at radius 2 is 2.12 bits per heavy atom. The van der Waals surface area contributed by atoms with Gasteiger partial charge in [0, 0.05) is 32.9 Å². The Bertz CT molecular complexity index is 782. The van der Waals surface area contributed by atoms with E-state index in [1.54, 1.807) is 25.8 Å². The van der Waals surface area contributed by atoms with Gasteiger partial charge in [0.05, 0.1) is 16.7 Å². The monoisotopic (exact) mass is 332 g/mol. The smallest absolute Gasteiger partial charge is 0.270 e. The lowest BCUT2D eigenvalue weighted by Gasteiger charge is -2.36. The fourth-order valence-electron chi connectivity index (χ4n) is 3.04. The van der Waals surface area contributed by atoms with Gasteiger partial charge in [0.2, 0.25) is 5.95 Å². The Morgan fingerprint density at radius 3 is 2.83 bits per heavy atom. The van der Waals surface area contributed by atoms with Crippen molar-refractivity contribution in [1.29, 1.82) is 0 Å². The minimum atomic E-state index is -0.888. The summed E-state index contributed by atoms with van der Waals surface area (Å²) < 4.78 is 13.3. The van der Waals surface area contributed by atoms with Crippen molar-refractivity contribution in [2.75, 3.05) is 30.9 Å². The van der Waals surface area contributed by atoms with Gasteiger partial charge in [-0.1, -0.05) is 0 Å². The van der Waals surface area contributed by atoms with Crippen molar-refractivity contribution < 1.29 is 14.3 Å². The summed E-state index contributed by atoms with van der Waals surface area (Å²) in [4.78, 5) is 18.4. The van der Waals surface area contributed by atoms with E-state index in [-0.39, 0.29) is 5.91 Å². The molecule has 7 nitrogen and oxygen atoms in total. The number of benzene rings is 1. The molecule has 0 atom stereocenters. The Labute approximate surface area is 141 Å². The number of nitrogen functional groups attached to an aromatic ring is 1. The number of imidazole rings is 1. The lowest BCUT2D eigenvalue weighted by Crippen LogP contribution is -2.50. The van der Waals surface area contributed by atoms with Crippen molar-refractivity contribution in [1.82, 2.24) is 9.55 Å². The van der Waals surface area contributed by atoms with Crippen LogP contribution in [-0.2, 0) is 16.1 Å². The highest BCUT2D eigenvalue weighted by Crippen LogP contribution is 2.40. The second-order valence-corrected chi connectivity index (χ2v) is 6.46. The van der Waals surface area contributed by atoms with Crippen LogP contribution < -0.4 is 15.4 Å². The van der Waals surface area contributed by atoms with Crippen LogP contribution in [0.15, 0.2) is 12.1 Å². The number of anilines is 2. The Morgan fingerprint density at radius 1 is 1.38 bits per heavy atom. The lowest BCUT2D eigenvalue weighted by molar-refractivity contribution is -0.132. The molecule has 0 saturated heterocycles. The molecular formula is C17H24N4O3. The number of ether oxygens (including phenoxy) is 2. The molecule has 1 aromatic heterocycles. The average molecular weight is 332 g/mol. The first-order valence-electron chi connectivity index (χ1n) is 8.20. The Hall–Kier alpha value is -2.28. The zero-order chi connectivity index (χ0) is 17.5. The number of fused-ring (bicyclic) bond motifs is 2. The molecule has 24 heavy (non-hydrogen) atoms. The number of nitrogens with two attached hydrogens (primary N) is 1. The van der Waals surface area contributed by atoms with Crippen LogP contribution in [0.2, 0.25) is 0 Å². The van der Waals surface area contributed by atoms with Crippen LogP contribution in [0, 0.1) is 0 Å². The number of carbonyl (C=O) groups is 1. The van der Waals surface area contributed by atoms with E-state index < -0.39 is 5.60 Å². The van der Waals surface area contributed by atoms with Crippen LogP contribution in [0.1, 0.15) is 27.2 Å². The lowest BCUT2D eigenvalue weighted by atomic mass is 10.0. The fraction of sp³-hybridized carbons (Fsp3) is 0.529. The third kappa shape index (κ3) is 2.69. The predicted octanol–water partition coefficient (Wildman–Crippen LogP) is 2.18. The molecule has 130 valence electrons. The zero-order valence-corrected chi connectivity index (χ0v) is 14.6. The van der Waals surface area contributed by atoms with Gasteiger partial charge in [0.25, 0.3) is 5.91 Å². The molecule has 0 spiro atoms. The van der Waals surface area contributed by atoms with Crippen molar-refractivity contribution in [3.8, 4) is 5.75 Å². The van der Waals surface area contributed by atoms with Crippen LogP contribution in [0.5, 0.6) is 5.75 Å². The summed E-state index contributed by atoms with van der Waals surface area (Å²) in [6.45, 7) is 7.63. The van der Waals surface area contributed by atoms with Crippen LogP contribution >= 0.6 is 0 Å². The number of likely N-dealkylation sites (N-methyl/N-ethyl adjacent to an activating group) is 1. The number of nitrogens with zero attached hydrogens (tertiary/aromatic N) is 3. The van der Waals surface area contributed by atoms with Crippen molar-refractivity contribution in [2.45, 2.75) is 39.3 Å². The topological polar surface area (TPSA) is 82.6 Å². The second kappa shape index (κ2) is 5.98. The molecule has 2 aromatic rings. The first-order chi connectivity index (χ1) is 11.3. The van der Waals surface area contributed by atoms with E-state index in [1.807, 2.05) is 23.6 Å². The molecule has 1 aliphatic heterocycles. The maximum absolute atomic E-state index is 12.4. The van der Waals surface area contributed by atoms with Crippen LogP contribution in [0.4, 0.5) is 11.6 Å². The minimum absolute atomic E-state index is 0.0848. The van der Waals surface area contributed by atoms with Crippen LogP contribution in [0.25, 0.3) is 11.0 Å². The van der Waals surface area contributed by atoms with Crippen molar-refractivity contribution >= 4 is 28.6 Å². The summed E-state index contributed by atoms with van der Waals surface area (Å²) in [7, 11) is 1.75. The first kappa shape index (κ1) is 16.6. The number of hydrogen-bond donors (Lipinski definition) is 1. The molecular weight excluding hydrogens is 308 g/mol. The molecule has 0 saturated carbocycles. The second-order valence-electron chi connectivity index (χ2n) is 6.46. The van der Waals surface area contributed by atoms with E-state index in [4.69, 9.17) is 15.2 Å². The van der Waals surface area contributed by atoms with Crippen molar-refractivity contribution in [2.24, 2.45) is 0 Å². The molecule has 1 aromatic carbocycles. The van der Waals surface area contributed by atoms with Crippen LogP contribution in [0.3, 0.4) is 0 Å². The van der Waals surface area contributed by atoms with E-state index in [9.17, 15) is 4.79 Å². The van der Waals surface area contributed by atoms with Gasteiger partial charge in [0.15, 0.2) is 5.60 Å². The number of aromatic nitrogens is 2. The van der Waals surface area contributed by atoms with Gasteiger partial charge in [-0.15, -0.1) is 0 Å². The SMILES string of the molecule is CCOCCCn1c(N)nc2cc3c(cc21)OC(C)(C)C(=O)N3C. The van der Waals surface area contributed by atoms with Gasteiger partial charge in [-0.2, -0.15) is 0 Å². The molecule has 0 radical (unpaired) electrons. The predicted molar refractivity (Wildman–Crippen MR) is 93.4 cm³/mol. The third-order valence-electron chi connectivity index (χ3n) is 4.28. The maximum Gasteiger partial charge on any atom is 0.270 e. The summed E-state index contributed by atoms with van der Waals surface area (Å²) in [5.41, 5.74) is 7.56. The van der Waals surface area contributed by atoms with Crippen molar-refractivity contribution in [3.05, 3.63) is 12.1 Å². The van der Waals surface area contributed by atoms with Gasteiger partial charge >= 0.3 is 0 Å². The minimum Gasteiger partial charge on any atom is -0.476 e. The molecule has 0 fully saturated rings. The van der Waals surface area contributed by atoms with Gasteiger partial charge in [-0.05, 0) is 33.3 Å². The number of hydrogen-bond acceptors (Lipinski definition) is 5. The highest BCUT2D eigenvalue weighted by atomic mass is 16.5. The van der Waals surface area contributed by atoms with Crippen LogP contribution in [-0.4, -0.2) is 41.3 Å². The summed E-state index contributed by atoms with van der Waals surface area (Å²) in [6, 6.07) is 3.77. The molecule has 0 bridgehead atoms. The third-order valence-corrected chi connectivity index (χ3v) is 4.28. The van der Waals surface area contributed by atoms with Gasteiger partial charge in [-0.3, -0.25) is 4.79 Å². The summed E-state index contributed by atoms with van der Waals surface area (Å²) in [5, 5.41) is 0. The molecule has 0 aliphatic carbocycles. The zero-order valence-electron chi connectivity index (χ0n) is 14.6. The largest absolute Gasteiger partial charge is 0.476 e. The Balaban J connectivity index is 2.00. The molecule has 2 N–H and O–H groups in total. The van der Waals surface area contributed by atoms with E-state index in [2.05, 4.69) is 4.98 Å². The fourth-order valence-corrected chi connectivity index (χ4v) is 3.04. The Kier molecular flexibility index (Phi) is 4.13. The average Bonchev–Trinajstić information content (AvgIpc) is 2.83. The van der Waals surface area contributed by atoms with Gasteiger partial charge in [-0.25, -0.2) is 4.98 Å². The molecule has 0 unspecified atom stereocenters. The summed E-state index contributed by atoms with van der Waals surface area (Å²) in [5.74, 6) is 1.04. The standard InChI is InChI=1S/C17H24N4O3/c1-5-23-8-6-7-21-12-10-14-13(9-11(12)19-16(21)18)20(4)15(22)17(2,3)24-14/h9-10H,5-8H2,1-4H3,(H2,18,19). The first-order valence-corrected chi connectivity index (χ1v) is 8.20. The van der Waals surface area contributed by atoms with Gasteiger partial charge in [0.1, 0.15) is 5.75 Å². The van der Waals surface area contributed by atoms with Gasteiger partial charge < -0.3 is 24.7 Å². The summed E-state index contributed by atoms with van der Waals surface area (Å²) >= 11 is 0. The normalized spacial score (nSPS) is 16.3. The summed E-state index contributed by atoms with van der Waals surface area (Å²) in [6.07, 6.45) is 0.853.